The van der Waals surface area contributed by atoms with Crippen LogP contribution in [0, 0.1) is 11.3 Å². The molecule has 0 bridgehead atoms. The van der Waals surface area contributed by atoms with Crippen LogP contribution in [0.5, 0.6) is 0 Å². The number of carbonyl (C=O) groups is 1. The number of benzene rings is 4. The lowest BCUT2D eigenvalue weighted by atomic mass is 9.88. The second kappa shape index (κ2) is 14.9. The number of rotatable bonds is 10. The van der Waals surface area contributed by atoms with Crippen molar-refractivity contribution >= 4 is 50.7 Å². The normalized spacial score (nSPS) is 15.5. The van der Waals surface area contributed by atoms with Crippen LogP contribution < -0.4 is 0 Å². The van der Waals surface area contributed by atoms with Crippen molar-refractivity contribution in [3.63, 3.8) is 0 Å². The highest BCUT2D eigenvalue weighted by atomic mass is 35.5. The molecule has 4 aromatic carbocycles. The first-order valence-corrected chi connectivity index (χ1v) is 17.8. The van der Waals surface area contributed by atoms with E-state index in [9.17, 15) is 14.3 Å². The molecule has 1 saturated heterocycles. The van der Waals surface area contributed by atoms with Crippen molar-refractivity contribution in [2.75, 3.05) is 39.5 Å². The molecular formula is C37H39Cl2N3O2S. The van der Waals surface area contributed by atoms with Gasteiger partial charge < -0.3 is 9.80 Å². The van der Waals surface area contributed by atoms with Crippen LogP contribution in [0.25, 0.3) is 10.8 Å². The van der Waals surface area contributed by atoms with Crippen LogP contribution in [-0.2, 0) is 17.2 Å². The number of hydrogen-bond donors (Lipinski definition) is 0. The van der Waals surface area contributed by atoms with Crippen molar-refractivity contribution in [2.45, 2.75) is 49.3 Å². The van der Waals surface area contributed by atoms with Crippen molar-refractivity contribution in [3.8, 4) is 6.07 Å². The second-order valence-corrected chi connectivity index (χ2v) is 14.1. The summed E-state index contributed by atoms with van der Waals surface area (Å²) in [5, 5.41) is 12.7. The van der Waals surface area contributed by atoms with E-state index < -0.39 is 10.8 Å². The third kappa shape index (κ3) is 7.45. The lowest BCUT2D eigenvalue weighted by Gasteiger charge is -2.34. The number of carbonyl (C=O) groups excluding carboxylic acids is 1. The summed E-state index contributed by atoms with van der Waals surface area (Å²) in [6.07, 6.45) is 5.23. The topological polar surface area (TPSA) is 64.4 Å². The summed E-state index contributed by atoms with van der Waals surface area (Å²) in [6.45, 7) is 5.30. The largest absolute Gasteiger partial charge is 0.341 e. The zero-order valence-corrected chi connectivity index (χ0v) is 28.4. The first kappa shape index (κ1) is 33.2. The number of hydrogen-bond acceptors (Lipinski definition) is 4. The molecule has 0 aromatic heterocycles. The van der Waals surface area contributed by atoms with Crippen LogP contribution >= 0.6 is 23.2 Å². The number of piperidine rings is 1. The first-order chi connectivity index (χ1) is 21.7. The van der Waals surface area contributed by atoms with Gasteiger partial charge >= 0.3 is 0 Å². The first-order valence-electron chi connectivity index (χ1n) is 15.5. The molecule has 1 aliphatic heterocycles. The number of fused-ring (bicyclic) bond motifs is 1. The van der Waals surface area contributed by atoms with E-state index in [-0.39, 0.29) is 11.8 Å². The Kier molecular flexibility index (Phi) is 11.0. The van der Waals surface area contributed by atoms with Gasteiger partial charge in [-0.1, -0.05) is 78.7 Å². The van der Waals surface area contributed by atoms with Gasteiger partial charge in [0.25, 0.3) is 5.91 Å². The molecule has 2 atom stereocenters. The molecule has 1 fully saturated rings. The van der Waals surface area contributed by atoms with Gasteiger partial charge in [-0.05, 0) is 103 Å². The summed E-state index contributed by atoms with van der Waals surface area (Å²) in [4.78, 5) is 19.4. The minimum atomic E-state index is -1.00. The Morgan fingerprint density at radius 3 is 2.44 bits per heavy atom. The Labute approximate surface area is 279 Å². The number of likely N-dealkylation sites (N-methyl/N-ethyl adjacent to an activating group) is 1. The summed E-state index contributed by atoms with van der Waals surface area (Å²) < 4.78 is 12.3. The Balaban J connectivity index is 1.35. The molecule has 1 aliphatic rings. The SMILES string of the molecule is CCc1c(C#N)cc2ccccc2c1C(=O)N(C)C[C@@H](CCN1CCC(c2ccccc2S(C)=O)CC1)c1ccc(Cl)c(Cl)c1. The van der Waals surface area contributed by atoms with Gasteiger partial charge in [-0.15, -0.1) is 0 Å². The lowest BCUT2D eigenvalue weighted by Crippen LogP contribution is -2.36. The number of nitriles is 1. The van der Waals surface area contributed by atoms with Gasteiger partial charge in [0, 0.05) is 30.7 Å². The summed E-state index contributed by atoms with van der Waals surface area (Å²) >= 11 is 12.8. The van der Waals surface area contributed by atoms with E-state index in [0.717, 1.165) is 65.7 Å². The second-order valence-electron chi connectivity index (χ2n) is 11.9. The number of halogens is 2. The predicted octanol–water partition coefficient (Wildman–Crippen LogP) is 8.44. The number of nitrogens with zero attached hydrogens (tertiary/aromatic N) is 3. The Bertz CT molecular complexity index is 1760. The average Bonchev–Trinajstić information content (AvgIpc) is 3.06. The molecule has 1 amide bonds. The molecule has 0 aliphatic carbocycles. The quantitative estimate of drug-likeness (QED) is 0.171. The van der Waals surface area contributed by atoms with E-state index in [1.807, 2.05) is 80.7 Å². The molecule has 0 radical (unpaired) electrons. The molecule has 0 saturated carbocycles. The van der Waals surface area contributed by atoms with E-state index in [1.54, 1.807) is 11.2 Å². The van der Waals surface area contributed by atoms with Gasteiger partial charge in [-0.3, -0.25) is 9.00 Å². The predicted molar refractivity (Wildman–Crippen MR) is 186 cm³/mol. The fraction of sp³-hybridized carbons (Fsp3) is 0.351. The molecule has 1 heterocycles. The highest BCUT2D eigenvalue weighted by Gasteiger charge is 2.27. The maximum absolute atomic E-state index is 14.2. The Hall–Kier alpha value is -3.21. The molecule has 5 rings (SSSR count). The molecule has 0 N–H and O–H groups in total. The molecular weight excluding hydrogens is 621 g/mol. The van der Waals surface area contributed by atoms with Crippen LogP contribution in [0.4, 0.5) is 0 Å². The van der Waals surface area contributed by atoms with Crippen LogP contribution in [-0.4, -0.2) is 59.4 Å². The standard InChI is InChI=1S/C37H39Cl2N3O2S/c1-4-30-29(23-40)21-27-9-5-6-11-32(27)36(30)37(43)41(2)24-28(26-13-14-33(38)34(39)22-26)17-20-42-18-15-25(16-19-42)31-10-7-8-12-35(31)45(3)44/h5-14,21-22,25,28H,4,15-20,24H2,1-3H3/t28-,45?/m1/s1. The highest BCUT2D eigenvalue weighted by Crippen LogP contribution is 2.34. The number of likely N-dealkylation sites (tertiary alicyclic amines) is 1. The number of amides is 1. The van der Waals surface area contributed by atoms with Crippen LogP contribution in [0.3, 0.4) is 0 Å². The zero-order valence-electron chi connectivity index (χ0n) is 26.1. The van der Waals surface area contributed by atoms with E-state index in [2.05, 4.69) is 17.0 Å². The van der Waals surface area contributed by atoms with Crippen molar-refractivity contribution in [2.24, 2.45) is 0 Å². The van der Waals surface area contributed by atoms with Crippen molar-refractivity contribution in [1.82, 2.24) is 9.80 Å². The van der Waals surface area contributed by atoms with E-state index in [1.165, 1.54) is 5.56 Å². The van der Waals surface area contributed by atoms with E-state index in [4.69, 9.17) is 23.2 Å². The van der Waals surface area contributed by atoms with E-state index in [0.29, 0.717) is 40.1 Å². The highest BCUT2D eigenvalue weighted by molar-refractivity contribution is 7.84. The lowest BCUT2D eigenvalue weighted by molar-refractivity contribution is 0.0782. The third-order valence-corrected chi connectivity index (χ3v) is 10.9. The minimum Gasteiger partial charge on any atom is -0.341 e. The van der Waals surface area contributed by atoms with Crippen molar-refractivity contribution in [3.05, 3.63) is 111 Å². The van der Waals surface area contributed by atoms with Gasteiger partial charge in [-0.25, -0.2) is 0 Å². The summed E-state index contributed by atoms with van der Waals surface area (Å²) in [6, 6.07) is 25.9. The Morgan fingerprint density at radius 2 is 1.76 bits per heavy atom. The molecule has 0 spiro atoms. The monoisotopic (exact) mass is 659 g/mol. The van der Waals surface area contributed by atoms with Crippen LogP contribution in [0.15, 0.2) is 77.7 Å². The summed E-state index contributed by atoms with van der Waals surface area (Å²) in [5.74, 6) is 0.353. The van der Waals surface area contributed by atoms with Gasteiger partial charge in [0.2, 0.25) is 0 Å². The molecule has 4 aromatic rings. The van der Waals surface area contributed by atoms with Crippen LogP contribution in [0.1, 0.15) is 70.6 Å². The van der Waals surface area contributed by atoms with Crippen molar-refractivity contribution < 1.29 is 9.00 Å². The van der Waals surface area contributed by atoms with Gasteiger partial charge in [0.05, 0.1) is 38.0 Å². The third-order valence-electron chi connectivity index (χ3n) is 9.15. The van der Waals surface area contributed by atoms with E-state index >= 15 is 0 Å². The zero-order chi connectivity index (χ0) is 32.1. The summed E-state index contributed by atoms with van der Waals surface area (Å²) in [7, 11) is 0.845. The fourth-order valence-corrected chi connectivity index (χ4v) is 7.86. The fourth-order valence-electron chi connectivity index (χ4n) is 6.72. The summed E-state index contributed by atoms with van der Waals surface area (Å²) in [5.41, 5.74) is 4.20. The average molecular weight is 661 g/mol. The van der Waals surface area contributed by atoms with Gasteiger partial charge in [-0.2, -0.15) is 5.26 Å². The van der Waals surface area contributed by atoms with Gasteiger partial charge in [0.15, 0.2) is 0 Å². The maximum Gasteiger partial charge on any atom is 0.254 e. The minimum absolute atomic E-state index is 0.0326. The van der Waals surface area contributed by atoms with Crippen molar-refractivity contribution in [1.29, 1.82) is 5.26 Å². The van der Waals surface area contributed by atoms with Gasteiger partial charge in [0.1, 0.15) is 0 Å². The van der Waals surface area contributed by atoms with Crippen LogP contribution in [0.2, 0.25) is 10.0 Å². The molecule has 1 unspecified atom stereocenters. The molecule has 8 heteroatoms. The Morgan fingerprint density at radius 1 is 1.04 bits per heavy atom. The maximum atomic E-state index is 14.2. The smallest absolute Gasteiger partial charge is 0.254 e. The molecule has 45 heavy (non-hydrogen) atoms. The molecule has 5 nitrogen and oxygen atoms in total. The molecule has 234 valence electrons.